The summed E-state index contributed by atoms with van der Waals surface area (Å²) in [5, 5.41) is 0. The van der Waals surface area contributed by atoms with Gasteiger partial charge in [0, 0.05) is 34.0 Å². The van der Waals surface area contributed by atoms with E-state index in [0.29, 0.717) is 0 Å². The van der Waals surface area contributed by atoms with E-state index in [1.807, 2.05) is 0 Å². The minimum absolute atomic E-state index is 0.884. The first-order valence-electron chi connectivity index (χ1n) is 21.5. The van der Waals surface area contributed by atoms with E-state index < -0.39 is 0 Å². The molecule has 0 heterocycles. The summed E-state index contributed by atoms with van der Waals surface area (Å²) in [6.45, 7) is 0. The molecule has 2 nitrogen and oxygen atoms in total. The van der Waals surface area contributed by atoms with Crippen LogP contribution in [0.3, 0.4) is 0 Å². The topological polar surface area (TPSA) is 6.48 Å². The van der Waals surface area contributed by atoms with E-state index >= 15 is 0 Å². The SMILES string of the molecule is C1=C(N(c2ccc(-c3ccccc3)cc2)c2ccc(-c3ccccc3)cc2)CCC(c2ccc(N(c3ccccc3)c3ccccc3-c3ccccc3)cc2)=C1c1ccccc1. The Hall–Kier alpha value is -7.94. The molecular weight excluding hydrogens is 749 g/mol. The number of hydrogen-bond acceptors (Lipinski definition) is 2. The van der Waals surface area contributed by atoms with Crippen LogP contribution in [-0.2, 0) is 0 Å². The highest BCUT2D eigenvalue weighted by molar-refractivity contribution is 5.98. The van der Waals surface area contributed by atoms with E-state index in [4.69, 9.17) is 0 Å². The third-order valence-electron chi connectivity index (χ3n) is 11.8. The first-order valence-corrected chi connectivity index (χ1v) is 21.5. The van der Waals surface area contributed by atoms with Crippen molar-refractivity contribution in [2.45, 2.75) is 12.8 Å². The van der Waals surface area contributed by atoms with Gasteiger partial charge in [-0.15, -0.1) is 0 Å². The molecule has 10 rings (SSSR count). The zero-order chi connectivity index (χ0) is 41.5. The van der Waals surface area contributed by atoms with Crippen LogP contribution >= 0.6 is 0 Å². The van der Waals surface area contributed by atoms with Gasteiger partial charge in [0.15, 0.2) is 0 Å². The van der Waals surface area contributed by atoms with Crippen LogP contribution in [0.25, 0.3) is 44.5 Å². The predicted molar refractivity (Wildman–Crippen MR) is 263 cm³/mol. The second-order valence-corrected chi connectivity index (χ2v) is 15.7. The average molecular weight is 795 g/mol. The van der Waals surface area contributed by atoms with Gasteiger partial charge in [0.05, 0.1) is 5.69 Å². The van der Waals surface area contributed by atoms with Crippen LogP contribution in [0.2, 0.25) is 0 Å². The minimum Gasteiger partial charge on any atom is -0.314 e. The lowest BCUT2D eigenvalue weighted by molar-refractivity contribution is 0.933. The molecule has 296 valence electrons. The summed E-state index contributed by atoms with van der Waals surface area (Å²) in [5.41, 5.74) is 19.2. The summed E-state index contributed by atoms with van der Waals surface area (Å²) in [4.78, 5) is 4.83. The van der Waals surface area contributed by atoms with Gasteiger partial charge in [-0.2, -0.15) is 0 Å². The van der Waals surface area contributed by atoms with Gasteiger partial charge in [-0.25, -0.2) is 0 Å². The highest BCUT2D eigenvalue weighted by Crippen LogP contribution is 2.45. The molecule has 0 saturated carbocycles. The highest BCUT2D eigenvalue weighted by Gasteiger charge is 2.24. The van der Waals surface area contributed by atoms with Crippen molar-refractivity contribution in [2.24, 2.45) is 0 Å². The molecule has 62 heavy (non-hydrogen) atoms. The Morgan fingerprint density at radius 3 is 1.15 bits per heavy atom. The van der Waals surface area contributed by atoms with Gasteiger partial charge in [0.2, 0.25) is 0 Å². The van der Waals surface area contributed by atoms with E-state index in [-0.39, 0.29) is 0 Å². The smallest absolute Gasteiger partial charge is 0.0540 e. The number of benzene rings is 9. The molecule has 0 aromatic heterocycles. The van der Waals surface area contributed by atoms with Gasteiger partial charge in [-0.05, 0) is 124 Å². The van der Waals surface area contributed by atoms with E-state index in [1.165, 1.54) is 61.4 Å². The van der Waals surface area contributed by atoms with Crippen LogP contribution in [0.1, 0.15) is 24.0 Å². The maximum Gasteiger partial charge on any atom is 0.0540 e. The van der Waals surface area contributed by atoms with Crippen molar-refractivity contribution >= 4 is 39.6 Å². The number of rotatable bonds is 11. The minimum atomic E-state index is 0.884. The zero-order valence-electron chi connectivity index (χ0n) is 34.6. The normalized spacial score (nSPS) is 12.4. The molecule has 0 atom stereocenters. The van der Waals surface area contributed by atoms with Crippen LogP contribution < -0.4 is 9.80 Å². The summed E-state index contributed by atoms with van der Waals surface area (Å²) in [7, 11) is 0. The number of allylic oxidation sites excluding steroid dienone is 4. The summed E-state index contributed by atoms with van der Waals surface area (Å²) in [6, 6.07) is 89.4. The van der Waals surface area contributed by atoms with Gasteiger partial charge >= 0.3 is 0 Å². The first kappa shape index (κ1) is 38.3. The molecule has 9 aromatic rings. The van der Waals surface area contributed by atoms with E-state index in [2.05, 4.69) is 265 Å². The van der Waals surface area contributed by atoms with Gasteiger partial charge in [0.25, 0.3) is 0 Å². The fourth-order valence-electron chi connectivity index (χ4n) is 8.76. The van der Waals surface area contributed by atoms with Crippen LogP contribution in [0.4, 0.5) is 28.4 Å². The Bertz CT molecular complexity index is 2860. The Labute approximate surface area is 365 Å². The van der Waals surface area contributed by atoms with Crippen molar-refractivity contribution in [1.29, 1.82) is 0 Å². The predicted octanol–water partition coefficient (Wildman–Crippen LogP) is 16.6. The zero-order valence-corrected chi connectivity index (χ0v) is 34.6. The molecular formula is C60H46N2. The number of hydrogen-bond donors (Lipinski definition) is 0. The maximum atomic E-state index is 2.45. The van der Waals surface area contributed by atoms with Crippen molar-refractivity contribution < 1.29 is 0 Å². The van der Waals surface area contributed by atoms with Crippen LogP contribution in [0.5, 0.6) is 0 Å². The third kappa shape index (κ3) is 8.02. The molecule has 9 aromatic carbocycles. The summed E-state index contributed by atoms with van der Waals surface area (Å²) >= 11 is 0. The van der Waals surface area contributed by atoms with Gasteiger partial charge in [0.1, 0.15) is 0 Å². The lowest BCUT2D eigenvalue weighted by atomic mass is 9.86. The van der Waals surface area contributed by atoms with Gasteiger partial charge in [-0.1, -0.05) is 194 Å². The second-order valence-electron chi connectivity index (χ2n) is 15.7. The van der Waals surface area contributed by atoms with E-state index in [1.54, 1.807) is 0 Å². The van der Waals surface area contributed by atoms with Crippen molar-refractivity contribution in [3.63, 3.8) is 0 Å². The van der Waals surface area contributed by atoms with Crippen molar-refractivity contribution in [2.75, 3.05) is 9.80 Å². The summed E-state index contributed by atoms with van der Waals surface area (Å²) < 4.78 is 0. The number of para-hydroxylation sites is 2. The van der Waals surface area contributed by atoms with Crippen LogP contribution in [0.15, 0.2) is 260 Å². The Morgan fingerprint density at radius 2 is 0.629 bits per heavy atom. The maximum absolute atomic E-state index is 2.45. The standard InChI is InChI=1S/C60H46N2/c1-6-18-45(19-7-1)47-30-36-53(37-31-47)61(54-38-32-48(33-39-54)46-20-8-2-9-21-46)56-42-43-57(59(44-56)50-24-12-4-13-25-50)51-34-40-55(41-35-51)62(52-26-14-5-15-27-52)60-29-17-16-28-58(60)49-22-10-3-11-23-49/h1-41,44H,42-43H2. The molecule has 2 heteroatoms. The van der Waals surface area contributed by atoms with Crippen LogP contribution in [0, 0.1) is 0 Å². The second kappa shape index (κ2) is 17.7. The molecule has 0 radical (unpaired) electrons. The Morgan fingerprint density at radius 1 is 0.258 bits per heavy atom. The largest absolute Gasteiger partial charge is 0.314 e. The van der Waals surface area contributed by atoms with Crippen LogP contribution in [-0.4, -0.2) is 0 Å². The fraction of sp³-hybridized carbons (Fsp3) is 0.0333. The Balaban J connectivity index is 1.06. The molecule has 1 aliphatic rings. The molecule has 0 unspecified atom stereocenters. The molecule has 0 fully saturated rings. The summed E-state index contributed by atoms with van der Waals surface area (Å²) in [6.07, 6.45) is 4.22. The fourth-order valence-corrected chi connectivity index (χ4v) is 8.76. The monoisotopic (exact) mass is 794 g/mol. The molecule has 0 aliphatic heterocycles. The molecule has 0 amide bonds. The molecule has 0 bridgehead atoms. The third-order valence-corrected chi connectivity index (χ3v) is 11.8. The lowest BCUT2D eigenvalue weighted by Crippen LogP contribution is -2.19. The van der Waals surface area contributed by atoms with Gasteiger partial charge < -0.3 is 9.80 Å². The Kier molecular flexibility index (Phi) is 10.9. The molecule has 0 saturated heterocycles. The van der Waals surface area contributed by atoms with E-state index in [9.17, 15) is 0 Å². The lowest BCUT2D eigenvalue weighted by Gasteiger charge is -2.32. The molecule has 0 spiro atoms. The molecule has 0 N–H and O–H groups in total. The number of nitrogens with zero attached hydrogens (tertiary/aromatic N) is 2. The first-order chi connectivity index (χ1) is 30.8. The van der Waals surface area contributed by atoms with Gasteiger partial charge in [-0.3, -0.25) is 0 Å². The van der Waals surface area contributed by atoms with Crippen molar-refractivity contribution in [3.05, 3.63) is 272 Å². The van der Waals surface area contributed by atoms with Crippen molar-refractivity contribution in [1.82, 2.24) is 0 Å². The quantitative estimate of drug-likeness (QED) is 0.129. The van der Waals surface area contributed by atoms with Crippen molar-refractivity contribution in [3.8, 4) is 33.4 Å². The summed E-state index contributed by atoms with van der Waals surface area (Å²) in [5.74, 6) is 0. The van der Waals surface area contributed by atoms with E-state index in [0.717, 1.165) is 41.3 Å². The highest BCUT2D eigenvalue weighted by atomic mass is 15.2. The number of anilines is 5. The average Bonchev–Trinajstić information content (AvgIpc) is 3.36. The molecule has 1 aliphatic carbocycles.